The minimum atomic E-state index is -3.84. The Morgan fingerprint density at radius 3 is 2.48 bits per heavy atom. The standard InChI is InChI=1S/C19H15ClF2N2O4S/c20-19(21,22)28-14-8-6-13(7-9-14)23-18-24(11-12-4-2-1-3-5-12)16(25)10-15(29-18)17(26)27/h1-9,15H,10-11H2,(H,26,27)/p-1/t15-/m1/s1. The van der Waals surface area contributed by atoms with Crippen LogP contribution in [0.2, 0.25) is 0 Å². The van der Waals surface area contributed by atoms with Gasteiger partial charge in [-0.3, -0.25) is 9.69 Å². The number of nitrogens with zero attached hydrogens (tertiary/aromatic N) is 2. The molecule has 0 aliphatic carbocycles. The molecule has 0 aromatic heterocycles. The van der Waals surface area contributed by atoms with Gasteiger partial charge >= 0.3 is 5.57 Å². The van der Waals surface area contributed by atoms with Gasteiger partial charge < -0.3 is 14.6 Å². The summed E-state index contributed by atoms with van der Waals surface area (Å²) in [5.74, 6) is -1.93. The van der Waals surface area contributed by atoms with Gasteiger partial charge in [-0.1, -0.05) is 42.1 Å². The zero-order valence-corrected chi connectivity index (χ0v) is 16.3. The highest BCUT2D eigenvalue weighted by Crippen LogP contribution is 2.31. The van der Waals surface area contributed by atoms with E-state index in [0.717, 1.165) is 17.3 Å². The van der Waals surface area contributed by atoms with Crippen LogP contribution >= 0.6 is 23.4 Å². The first kappa shape index (κ1) is 21.1. The van der Waals surface area contributed by atoms with Gasteiger partial charge in [0.25, 0.3) is 0 Å². The molecule has 1 amide bonds. The summed E-state index contributed by atoms with van der Waals surface area (Å²) in [5.41, 5.74) is -2.68. The summed E-state index contributed by atoms with van der Waals surface area (Å²) in [7, 11) is 0. The van der Waals surface area contributed by atoms with Gasteiger partial charge in [-0.2, -0.15) is 0 Å². The van der Waals surface area contributed by atoms with E-state index in [0.29, 0.717) is 5.69 Å². The molecule has 0 N–H and O–H groups in total. The molecule has 1 atom stereocenters. The minimum absolute atomic E-state index is 0.171. The SMILES string of the molecule is O=C([O-])[C@H]1CC(=O)N(Cc2ccccc2)C(=Nc2ccc(OC(F)(F)Cl)cc2)S1. The Morgan fingerprint density at radius 2 is 1.90 bits per heavy atom. The molecule has 1 aliphatic heterocycles. The third-order valence-corrected chi connectivity index (χ3v) is 5.12. The van der Waals surface area contributed by atoms with Gasteiger partial charge in [-0.25, -0.2) is 4.99 Å². The summed E-state index contributed by atoms with van der Waals surface area (Å²) < 4.78 is 29.7. The highest BCUT2D eigenvalue weighted by Gasteiger charge is 2.33. The number of carboxylic acid groups (broad SMARTS) is 1. The number of thioether (sulfide) groups is 1. The fourth-order valence-electron chi connectivity index (χ4n) is 2.58. The van der Waals surface area contributed by atoms with Gasteiger partial charge in [0.2, 0.25) is 5.91 Å². The molecule has 2 aromatic rings. The van der Waals surface area contributed by atoms with Crippen LogP contribution in [0.25, 0.3) is 0 Å². The Kier molecular flexibility index (Phi) is 6.39. The lowest BCUT2D eigenvalue weighted by Gasteiger charge is -2.32. The van der Waals surface area contributed by atoms with Crippen LogP contribution in [0.1, 0.15) is 12.0 Å². The summed E-state index contributed by atoms with van der Waals surface area (Å²) in [5, 5.41) is 10.4. The van der Waals surface area contributed by atoms with Crippen molar-refractivity contribution < 1.29 is 28.2 Å². The molecule has 1 aliphatic rings. The van der Waals surface area contributed by atoms with Gasteiger partial charge in [0.15, 0.2) is 5.17 Å². The zero-order valence-electron chi connectivity index (χ0n) is 14.8. The number of benzene rings is 2. The molecule has 0 unspecified atom stereocenters. The number of carbonyl (C=O) groups excluding carboxylic acids is 2. The van der Waals surface area contributed by atoms with Crippen molar-refractivity contribution in [1.82, 2.24) is 4.90 Å². The molecule has 10 heteroatoms. The lowest BCUT2D eigenvalue weighted by atomic mass is 10.2. The molecule has 29 heavy (non-hydrogen) atoms. The smallest absolute Gasteiger partial charge is 0.487 e. The molecular formula is C19H14ClF2N2O4S-. The average Bonchev–Trinajstić information content (AvgIpc) is 2.65. The van der Waals surface area contributed by atoms with Crippen molar-refractivity contribution in [3.63, 3.8) is 0 Å². The number of alkyl halides is 3. The number of carboxylic acids is 1. The van der Waals surface area contributed by atoms with Gasteiger partial charge in [0.05, 0.1) is 23.5 Å². The fraction of sp³-hybridized carbons (Fsp3) is 0.211. The number of carbonyl (C=O) groups is 2. The summed E-state index contributed by atoms with van der Waals surface area (Å²) in [6.07, 6.45) is -0.212. The summed E-state index contributed by atoms with van der Waals surface area (Å²) in [6, 6.07) is 14.4. The van der Waals surface area contributed by atoms with Crippen molar-refractivity contribution in [2.45, 2.75) is 23.8 Å². The molecule has 1 fully saturated rings. The van der Waals surface area contributed by atoms with Crippen molar-refractivity contribution >= 4 is 46.1 Å². The van der Waals surface area contributed by atoms with E-state index in [-0.39, 0.29) is 23.9 Å². The van der Waals surface area contributed by atoms with Crippen molar-refractivity contribution in [3.8, 4) is 5.75 Å². The van der Waals surface area contributed by atoms with E-state index in [1.54, 1.807) is 0 Å². The lowest BCUT2D eigenvalue weighted by Crippen LogP contribution is -2.47. The molecule has 0 saturated carbocycles. The van der Waals surface area contributed by atoms with Crippen molar-refractivity contribution in [2.24, 2.45) is 4.99 Å². The van der Waals surface area contributed by atoms with E-state index < -0.39 is 22.7 Å². The Labute approximate surface area is 174 Å². The summed E-state index contributed by atoms with van der Waals surface area (Å²) in [4.78, 5) is 29.5. The van der Waals surface area contributed by atoms with E-state index in [2.05, 4.69) is 9.73 Å². The Hall–Kier alpha value is -2.65. The van der Waals surface area contributed by atoms with Crippen molar-refractivity contribution in [3.05, 3.63) is 60.2 Å². The molecule has 0 radical (unpaired) electrons. The summed E-state index contributed by atoms with van der Waals surface area (Å²) in [6.45, 7) is 0.213. The molecule has 3 rings (SSSR count). The first-order valence-corrected chi connectivity index (χ1v) is 9.63. The zero-order chi connectivity index (χ0) is 21.0. The molecule has 2 aromatic carbocycles. The normalized spacial score (nSPS) is 18.7. The maximum Gasteiger partial charge on any atom is 0.487 e. The third-order valence-electron chi connectivity index (χ3n) is 3.88. The average molecular weight is 440 g/mol. The Bertz CT molecular complexity index is 920. The van der Waals surface area contributed by atoms with E-state index >= 15 is 0 Å². The second-order valence-electron chi connectivity index (χ2n) is 6.03. The number of amidine groups is 1. The predicted molar refractivity (Wildman–Crippen MR) is 103 cm³/mol. The highest BCUT2D eigenvalue weighted by atomic mass is 35.5. The van der Waals surface area contributed by atoms with Crippen LogP contribution in [0, 0.1) is 0 Å². The van der Waals surface area contributed by atoms with Crippen LogP contribution in [0.3, 0.4) is 0 Å². The third kappa shape index (κ3) is 5.91. The number of hydrogen-bond donors (Lipinski definition) is 0. The maximum absolute atomic E-state index is 12.7. The number of amides is 1. The molecule has 6 nitrogen and oxygen atoms in total. The fourth-order valence-corrected chi connectivity index (χ4v) is 3.70. The van der Waals surface area contributed by atoms with Crippen LogP contribution in [0.5, 0.6) is 5.75 Å². The van der Waals surface area contributed by atoms with E-state index in [1.165, 1.54) is 29.2 Å². The first-order chi connectivity index (χ1) is 13.7. The molecule has 152 valence electrons. The number of rotatable bonds is 6. The van der Waals surface area contributed by atoms with Crippen LogP contribution in [0.15, 0.2) is 59.6 Å². The van der Waals surface area contributed by atoms with Crippen molar-refractivity contribution in [1.29, 1.82) is 0 Å². The number of hydrogen-bond acceptors (Lipinski definition) is 6. The number of halogens is 3. The van der Waals surface area contributed by atoms with Gasteiger partial charge in [-0.15, -0.1) is 8.78 Å². The van der Waals surface area contributed by atoms with Gasteiger partial charge in [0, 0.05) is 18.0 Å². The molecule has 1 saturated heterocycles. The minimum Gasteiger partial charge on any atom is -0.549 e. The van der Waals surface area contributed by atoms with Crippen LogP contribution in [-0.2, 0) is 16.1 Å². The Morgan fingerprint density at radius 1 is 1.24 bits per heavy atom. The molecule has 0 bridgehead atoms. The van der Waals surface area contributed by atoms with Crippen LogP contribution in [0.4, 0.5) is 14.5 Å². The first-order valence-electron chi connectivity index (χ1n) is 8.37. The molecule has 0 spiro atoms. The topological polar surface area (TPSA) is 82.0 Å². The molecule has 1 heterocycles. The van der Waals surface area contributed by atoms with Crippen molar-refractivity contribution in [2.75, 3.05) is 0 Å². The maximum atomic E-state index is 12.7. The van der Waals surface area contributed by atoms with E-state index in [9.17, 15) is 23.5 Å². The monoisotopic (exact) mass is 439 g/mol. The summed E-state index contributed by atoms with van der Waals surface area (Å²) >= 11 is 5.63. The van der Waals surface area contributed by atoms with E-state index in [4.69, 9.17) is 11.6 Å². The van der Waals surface area contributed by atoms with Crippen LogP contribution < -0.4 is 9.84 Å². The van der Waals surface area contributed by atoms with E-state index in [1.807, 2.05) is 30.3 Å². The number of ether oxygens (including phenoxy) is 1. The van der Waals surface area contributed by atoms with Gasteiger partial charge in [0.1, 0.15) is 5.75 Å². The lowest BCUT2D eigenvalue weighted by molar-refractivity contribution is -0.304. The molecular weight excluding hydrogens is 426 g/mol. The second kappa shape index (κ2) is 8.79. The van der Waals surface area contributed by atoms with Crippen LogP contribution in [-0.4, -0.2) is 32.8 Å². The largest absolute Gasteiger partial charge is 0.549 e. The predicted octanol–water partition coefficient (Wildman–Crippen LogP) is 3.13. The van der Waals surface area contributed by atoms with Gasteiger partial charge in [-0.05, 0) is 29.8 Å². The highest BCUT2D eigenvalue weighted by molar-refractivity contribution is 8.15. The number of aliphatic imine (C=N–C) groups is 1. The number of aliphatic carboxylic acids is 1. The Balaban J connectivity index is 1.87. The second-order valence-corrected chi connectivity index (χ2v) is 7.64. The quantitative estimate of drug-likeness (QED) is 0.646.